The van der Waals surface area contributed by atoms with E-state index in [-0.39, 0.29) is 11.5 Å². The second kappa shape index (κ2) is 10.6. The molecule has 3 aromatic heterocycles. The molecule has 0 radical (unpaired) electrons. The summed E-state index contributed by atoms with van der Waals surface area (Å²) in [6.45, 7) is 7.88. The summed E-state index contributed by atoms with van der Waals surface area (Å²) in [5, 5.41) is 10.8. The first-order chi connectivity index (χ1) is 16.9. The molecule has 1 amide bonds. The summed E-state index contributed by atoms with van der Waals surface area (Å²) in [4.78, 5) is 25.3. The molecule has 35 heavy (non-hydrogen) atoms. The Kier molecular flexibility index (Phi) is 7.33. The number of rotatable bonds is 9. The Labute approximate surface area is 204 Å². The lowest BCUT2D eigenvalue weighted by atomic mass is 9.96. The van der Waals surface area contributed by atoms with Crippen molar-refractivity contribution in [3.8, 4) is 11.3 Å². The van der Waals surface area contributed by atoms with Gasteiger partial charge < -0.3 is 10.6 Å². The maximum atomic E-state index is 14.4. The van der Waals surface area contributed by atoms with Gasteiger partial charge in [-0.15, -0.1) is 0 Å². The Morgan fingerprint density at radius 3 is 2.74 bits per heavy atom. The predicted octanol–water partition coefficient (Wildman–Crippen LogP) is 4.65. The number of halogens is 1. The molecule has 0 saturated heterocycles. The molecule has 4 rings (SSSR count). The van der Waals surface area contributed by atoms with Crippen LogP contribution in [-0.2, 0) is 6.54 Å². The highest BCUT2D eigenvalue weighted by Gasteiger charge is 2.19. The molecule has 1 atom stereocenters. The zero-order chi connectivity index (χ0) is 24.9. The van der Waals surface area contributed by atoms with E-state index in [0.717, 1.165) is 36.0 Å². The van der Waals surface area contributed by atoms with Gasteiger partial charge in [0.2, 0.25) is 0 Å². The standard InChI is InChI=1S/C26H30FN7O/c1-16(2)8-9-34-14-18(12-33-34)22-10-23(32-15-31-22)29-11-17(3)19-6-5-7-20-24(26(35)28-4)21(27)13-30-25(19)20/h5-7,10,12-17H,8-9,11H2,1-4H3,(H,28,35)(H,29,31,32)/t17-/m1/s1. The number of hydrogen-bond donors (Lipinski definition) is 2. The maximum absolute atomic E-state index is 14.4. The monoisotopic (exact) mass is 475 g/mol. The van der Waals surface area contributed by atoms with Crippen LogP contribution in [0.4, 0.5) is 10.2 Å². The molecular weight excluding hydrogens is 445 g/mol. The second-order valence-corrected chi connectivity index (χ2v) is 9.05. The molecule has 0 aliphatic carbocycles. The third-order valence-corrected chi connectivity index (χ3v) is 5.99. The molecule has 0 aliphatic rings. The zero-order valence-corrected chi connectivity index (χ0v) is 20.4. The molecule has 0 bridgehead atoms. The van der Waals surface area contributed by atoms with E-state index in [1.54, 1.807) is 6.07 Å². The van der Waals surface area contributed by atoms with Crippen LogP contribution in [0.15, 0.2) is 49.2 Å². The summed E-state index contributed by atoms with van der Waals surface area (Å²) in [6.07, 6.45) is 7.53. The number of aromatic nitrogens is 5. The highest BCUT2D eigenvalue weighted by atomic mass is 19.1. The Morgan fingerprint density at radius 2 is 1.97 bits per heavy atom. The highest BCUT2D eigenvalue weighted by Crippen LogP contribution is 2.28. The van der Waals surface area contributed by atoms with E-state index in [1.807, 2.05) is 42.2 Å². The number of para-hydroxylation sites is 1. The molecular formula is C26H30FN7O. The number of carbonyl (C=O) groups is 1. The number of fused-ring (bicyclic) bond motifs is 1. The number of nitrogens with one attached hydrogen (secondary N) is 2. The summed E-state index contributed by atoms with van der Waals surface area (Å²) >= 11 is 0. The molecule has 0 fully saturated rings. The summed E-state index contributed by atoms with van der Waals surface area (Å²) in [7, 11) is 1.48. The number of carbonyl (C=O) groups excluding carboxylic acids is 1. The van der Waals surface area contributed by atoms with Gasteiger partial charge in [0.05, 0.1) is 29.2 Å². The Hall–Kier alpha value is -3.88. The Balaban J connectivity index is 1.51. The molecule has 182 valence electrons. The number of anilines is 1. The number of nitrogens with zero attached hydrogens (tertiary/aromatic N) is 5. The number of hydrogen-bond acceptors (Lipinski definition) is 6. The fraction of sp³-hybridized carbons (Fsp3) is 0.346. The lowest BCUT2D eigenvalue weighted by molar-refractivity contribution is 0.0960. The second-order valence-electron chi connectivity index (χ2n) is 9.05. The van der Waals surface area contributed by atoms with Crippen molar-refractivity contribution in [1.82, 2.24) is 30.0 Å². The van der Waals surface area contributed by atoms with Crippen molar-refractivity contribution in [2.75, 3.05) is 18.9 Å². The molecule has 3 heterocycles. The Morgan fingerprint density at radius 1 is 1.14 bits per heavy atom. The number of aryl methyl sites for hydroxylation is 1. The lowest BCUT2D eigenvalue weighted by Gasteiger charge is -2.16. The molecule has 9 heteroatoms. The van der Waals surface area contributed by atoms with Crippen LogP contribution in [0.1, 0.15) is 49.0 Å². The minimum absolute atomic E-state index is 0.00823. The molecule has 0 unspecified atom stereocenters. The first-order valence-corrected chi connectivity index (χ1v) is 11.7. The van der Waals surface area contributed by atoms with E-state index >= 15 is 0 Å². The highest BCUT2D eigenvalue weighted by molar-refractivity contribution is 6.06. The first kappa shape index (κ1) is 24.3. The first-order valence-electron chi connectivity index (χ1n) is 11.7. The van der Waals surface area contributed by atoms with Crippen molar-refractivity contribution in [1.29, 1.82) is 0 Å². The summed E-state index contributed by atoms with van der Waals surface area (Å²) in [5.74, 6) is 0.221. The van der Waals surface area contributed by atoms with E-state index in [0.29, 0.717) is 29.2 Å². The van der Waals surface area contributed by atoms with Crippen LogP contribution in [0.2, 0.25) is 0 Å². The van der Waals surface area contributed by atoms with Crippen LogP contribution in [0.25, 0.3) is 22.2 Å². The number of benzene rings is 1. The SMILES string of the molecule is CNC(=O)c1c(F)cnc2c([C@H](C)CNc3cc(-c4cnn(CCC(C)C)c4)ncn3)cccc12. The van der Waals surface area contributed by atoms with Gasteiger partial charge in [-0.3, -0.25) is 14.5 Å². The van der Waals surface area contributed by atoms with E-state index in [9.17, 15) is 9.18 Å². The van der Waals surface area contributed by atoms with Crippen LogP contribution >= 0.6 is 0 Å². The van der Waals surface area contributed by atoms with Crippen LogP contribution in [0.3, 0.4) is 0 Å². The van der Waals surface area contributed by atoms with Crippen LogP contribution in [0, 0.1) is 11.7 Å². The van der Waals surface area contributed by atoms with E-state index in [1.165, 1.54) is 13.4 Å². The summed E-state index contributed by atoms with van der Waals surface area (Å²) in [6, 6.07) is 7.39. The molecule has 0 saturated carbocycles. The maximum Gasteiger partial charge on any atom is 0.254 e. The van der Waals surface area contributed by atoms with Crippen molar-refractivity contribution in [3.05, 3.63) is 66.1 Å². The van der Waals surface area contributed by atoms with Gasteiger partial charge in [-0.05, 0) is 17.9 Å². The average Bonchev–Trinajstić information content (AvgIpc) is 3.34. The van der Waals surface area contributed by atoms with Crippen molar-refractivity contribution in [3.63, 3.8) is 0 Å². The minimum Gasteiger partial charge on any atom is -0.369 e. The van der Waals surface area contributed by atoms with E-state index in [4.69, 9.17) is 0 Å². The number of amides is 1. The topological polar surface area (TPSA) is 97.6 Å². The molecule has 1 aromatic carbocycles. The van der Waals surface area contributed by atoms with Gasteiger partial charge in [-0.25, -0.2) is 14.4 Å². The van der Waals surface area contributed by atoms with Gasteiger partial charge in [0.1, 0.15) is 12.1 Å². The third kappa shape index (κ3) is 5.45. The summed E-state index contributed by atoms with van der Waals surface area (Å²) < 4.78 is 16.3. The molecule has 2 N–H and O–H groups in total. The van der Waals surface area contributed by atoms with E-state index < -0.39 is 11.7 Å². The van der Waals surface area contributed by atoms with Gasteiger partial charge in [0, 0.05) is 49.3 Å². The lowest BCUT2D eigenvalue weighted by Crippen LogP contribution is -2.20. The Bertz CT molecular complexity index is 1330. The van der Waals surface area contributed by atoms with Gasteiger partial charge in [0.25, 0.3) is 5.91 Å². The molecule has 0 spiro atoms. The van der Waals surface area contributed by atoms with Crippen molar-refractivity contribution < 1.29 is 9.18 Å². The molecule has 8 nitrogen and oxygen atoms in total. The van der Waals surface area contributed by atoms with Gasteiger partial charge >= 0.3 is 0 Å². The fourth-order valence-corrected chi connectivity index (χ4v) is 3.96. The molecule has 0 aliphatic heterocycles. The van der Waals surface area contributed by atoms with Crippen molar-refractivity contribution in [2.45, 2.75) is 39.7 Å². The van der Waals surface area contributed by atoms with Gasteiger partial charge in [-0.2, -0.15) is 5.10 Å². The third-order valence-electron chi connectivity index (χ3n) is 5.99. The largest absolute Gasteiger partial charge is 0.369 e. The smallest absolute Gasteiger partial charge is 0.254 e. The number of pyridine rings is 1. The van der Waals surface area contributed by atoms with Crippen LogP contribution in [-0.4, -0.2) is 44.2 Å². The van der Waals surface area contributed by atoms with Crippen LogP contribution < -0.4 is 10.6 Å². The fourth-order valence-electron chi connectivity index (χ4n) is 3.96. The summed E-state index contributed by atoms with van der Waals surface area (Å²) in [5.41, 5.74) is 3.27. The molecule has 4 aromatic rings. The van der Waals surface area contributed by atoms with Crippen molar-refractivity contribution in [2.24, 2.45) is 5.92 Å². The normalized spacial score (nSPS) is 12.2. The van der Waals surface area contributed by atoms with Crippen LogP contribution in [0.5, 0.6) is 0 Å². The minimum atomic E-state index is -0.638. The predicted molar refractivity (Wildman–Crippen MR) is 135 cm³/mol. The zero-order valence-electron chi connectivity index (χ0n) is 20.4. The average molecular weight is 476 g/mol. The van der Waals surface area contributed by atoms with Crippen molar-refractivity contribution >= 4 is 22.6 Å². The van der Waals surface area contributed by atoms with E-state index in [2.05, 4.69) is 44.5 Å². The quantitative estimate of drug-likeness (QED) is 0.366. The van der Waals surface area contributed by atoms with Gasteiger partial charge in [-0.1, -0.05) is 39.0 Å². The van der Waals surface area contributed by atoms with Gasteiger partial charge in [0.15, 0.2) is 5.82 Å².